The predicted molar refractivity (Wildman–Crippen MR) is 118 cm³/mol. The number of carbonyl (C=O) groups excluding carboxylic acids is 4. The van der Waals surface area contributed by atoms with Gasteiger partial charge in [-0.15, -0.1) is 0 Å². The van der Waals surface area contributed by atoms with Crippen molar-refractivity contribution in [2.45, 2.75) is 57.5 Å². The van der Waals surface area contributed by atoms with E-state index in [1.165, 1.54) is 0 Å². The van der Waals surface area contributed by atoms with Crippen LogP contribution in [0.1, 0.15) is 27.7 Å². The Morgan fingerprint density at radius 3 is 1.28 bits per heavy atom. The van der Waals surface area contributed by atoms with Crippen molar-refractivity contribution < 1.29 is 68.8 Å². The highest BCUT2D eigenvalue weighted by Crippen LogP contribution is 2.42. The third kappa shape index (κ3) is 6.84. The molecule has 14 heteroatoms. The second-order valence-corrected chi connectivity index (χ2v) is 7.80. The van der Waals surface area contributed by atoms with Crippen LogP contribution in [0.25, 0.3) is 0 Å². The maximum atomic E-state index is 12.4. The third-order valence-electron chi connectivity index (χ3n) is 4.21. The second-order valence-electron chi connectivity index (χ2n) is 7.80. The van der Waals surface area contributed by atoms with E-state index in [1.54, 1.807) is 0 Å². The van der Waals surface area contributed by atoms with Gasteiger partial charge in [-0.3, -0.25) is 0 Å². The van der Waals surface area contributed by atoms with Crippen LogP contribution >= 0.6 is 0 Å². The highest BCUT2D eigenvalue weighted by Gasteiger charge is 2.77. The van der Waals surface area contributed by atoms with Crippen molar-refractivity contribution in [1.29, 1.82) is 0 Å². The second kappa shape index (κ2) is 12.0. The average Bonchev–Trinajstić information content (AvgIpc) is 2.76. The van der Waals surface area contributed by atoms with Gasteiger partial charge in [0.2, 0.25) is 0 Å². The zero-order chi connectivity index (χ0) is 28.8. The van der Waals surface area contributed by atoms with E-state index in [9.17, 15) is 49.8 Å². The van der Waals surface area contributed by atoms with Gasteiger partial charge in [0, 0.05) is 22.3 Å². The van der Waals surface area contributed by atoms with Crippen molar-refractivity contribution >= 4 is 23.9 Å². The van der Waals surface area contributed by atoms with Crippen LogP contribution < -0.4 is 0 Å². The van der Waals surface area contributed by atoms with Crippen LogP contribution in [0.4, 0.5) is 0 Å². The van der Waals surface area contributed by atoms with E-state index in [1.807, 2.05) is 0 Å². The van der Waals surface area contributed by atoms with Crippen LogP contribution in [0.2, 0.25) is 0 Å². The highest BCUT2D eigenvalue weighted by molar-refractivity contribution is 5.90. The Morgan fingerprint density at radius 1 is 0.667 bits per heavy atom. The molecular weight excluding hydrogens is 488 g/mol. The molecule has 0 aromatic rings. The molecule has 0 radical (unpaired) electrons. The quantitative estimate of drug-likeness (QED) is 0.0684. The largest absolute Gasteiger partial charge is 0.451 e. The van der Waals surface area contributed by atoms with Gasteiger partial charge in [0.05, 0.1) is 6.61 Å². The summed E-state index contributed by atoms with van der Waals surface area (Å²) in [6.45, 7) is 15.5. The van der Waals surface area contributed by atoms with Gasteiger partial charge in [-0.25, -0.2) is 19.2 Å². The molecule has 0 aliphatic heterocycles. The zero-order valence-corrected chi connectivity index (χ0v) is 20.1. The summed E-state index contributed by atoms with van der Waals surface area (Å²) in [4.78, 5) is 49.2. The molecule has 0 unspecified atom stereocenters. The first kappa shape index (κ1) is 32.6. The lowest BCUT2D eigenvalue weighted by Crippen LogP contribution is -2.78. The molecule has 0 aromatic carbocycles. The van der Waals surface area contributed by atoms with Crippen LogP contribution in [-0.4, -0.2) is 90.9 Å². The number of hydrogen-bond donors (Lipinski definition) is 6. The highest BCUT2D eigenvalue weighted by atomic mass is 16.9. The van der Waals surface area contributed by atoms with Gasteiger partial charge in [0.15, 0.2) is 6.10 Å². The van der Waals surface area contributed by atoms with Crippen molar-refractivity contribution in [1.82, 2.24) is 0 Å². The standard InChI is InChI=1S/C22H30O14/c1-10(2)16(26)33-20(30,15(25)14(24)9-23)21(31,34-17(27)11(3)4)22(32,35-18(28)12(5)6)36-19(29)13(7)8/h14-15,23-25,30-32H,1,3,5,7,9H2,2,4,6,8H3/t14-,15-,20-,21-/m1/s1. The summed E-state index contributed by atoms with van der Waals surface area (Å²) in [5.41, 5.74) is -2.09. The molecule has 36 heavy (non-hydrogen) atoms. The molecule has 6 N–H and O–H groups in total. The molecule has 202 valence electrons. The van der Waals surface area contributed by atoms with Crippen molar-refractivity contribution in [3.05, 3.63) is 48.6 Å². The number of aliphatic hydroxyl groups is 6. The molecule has 0 bridgehead atoms. The molecule has 0 saturated heterocycles. The van der Waals surface area contributed by atoms with Gasteiger partial charge in [-0.05, 0) is 27.7 Å². The number of rotatable bonds is 13. The first-order chi connectivity index (χ1) is 16.2. The minimum absolute atomic E-state index is 0.508. The lowest BCUT2D eigenvalue weighted by molar-refractivity contribution is -0.511. The molecule has 0 aliphatic rings. The van der Waals surface area contributed by atoms with Crippen LogP contribution in [0, 0.1) is 0 Å². The summed E-state index contributed by atoms with van der Waals surface area (Å²) in [5.74, 6) is -19.8. The van der Waals surface area contributed by atoms with Gasteiger partial charge in [0.25, 0.3) is 0 Å². The Labute approximate surface area is 206 Å². The number of esters is 4. The minimum atomic E-state index is -4.51. The summed E-state index contributed by atoms with van der Waals surface area (Å²) in [7, 11) is 0. The SMILES string of the molecule is C=C(C)C(=O)OC(O)(OC(=O)C(=C)C)[C@](O)(OC(=O)C(=C)C)[C@](O)(OC(=O)C(=C)C)[C@H](O)[C@H](O)CO. The Balaban J connectivity index is 7.61. The summed E-state index contributed by atoms with van der Waals surface area (Å²) < 4.78 is 18.4. The molecule has 0 saturated carbocycles. The number of carbonyl (C=O) groups is 4. The third-order valence-corrected chi connectivity index (χ3v) is 4.21. The lowest BCUT2D eigenvalue weighted by atomic mass is 9.92. The van der Waals surface area contributed by atoms with Gasteiger partial charge >= 0.3 is 41.4 Å². The molecule has 0 heterocycles. The fourth-order valence-corrected chi connectivity index (χ4v) is 2.09. The van der Waals surface area contributed by atoms with Crippen LogP contribution in [0.5, 0.6) is 0 Å². The first-order valence-corrected chi connectivity index (χ1v) is 9.90. The predicted octanol–water partition coefficient (Wildman–Crippen LogP) is -1.80. The smallest absolute Gasteiger partial charge is 0.419 e. The molecule has 0 fully saturated rings. The number of aliphatic hydroxyl groups excluding tert-OH is 3. The Bertz CT molecular complexity index is 938. The normalized spacial score (nSPS) is 16.2. The molecule has 14 nitrogen and oxygen atoms in total. The minimum Gasteiger partial charge on any atom is -0.419 e. The van der Waals surface area contributed by atoms with Crippen molar-refractivity contribution in [3.8, 4) is 0 Å². The molecule has 0 aliphatic carbocycles. The molecule has 0 rings (SSSR count). The maximum absolute atomic E-state index is 12.4. The average molecular weight is 518 g/mol. The Hall–Kier alpha value is -3.40. The van der Waals surface area contributed by atoms with E-state index in [0.717, 1.165) is 27.7 Å². The lowest BCUT2D eigenvalue weighted by Gasteiger charge is -2.48. The van der Waals surface area contributed by atoms with Gasteiger partial charge < -0.3 is 49.6 Å². The van der Waals surface area contributed by atoms with E-state index >= 15 is 0 Å². The fourth-order valence-electron chi connectivity index (χ4n) is 2.09. The van der Waals surface area contributed by atoms with Gasteiger partial charge in [-0.1, -0.05) is 26.3 Å². The van der Waals surface area contributed by atoms with E-state index in [0.29, 0.717) is 0 Å². The van der Waals surface area contributed by atoms with E-state index in [-0.39, 0.29) is 0 Å². The Morgan fingerprint density at radius 2 is 0.972 bits per heavy atom. The van der Waals surface area contributed by atoms with Crippen molar-refractivity contribution in [2.75, 3.05) is 6.61 Å². The summed E-state index contributed by atoms with van der Waals surface area (Å²) in [6, 6.07) is 0. The topological polar surface area (TPSA) is 227 Å². The maximum Gasteiger partial charge on any atom is 0.451 e. The first-order valence-electron chi connectivity index (χ1n) is 9.90. The summed E-state index contributed by atoms with van der Waals surface area (Å²) >= 11 is 0. The fraction of sp³-hybridized carbons (Fsp3) is 0.455. The number of hydrogen-bond acceptors (Lipinski definition) is 14. The van der Waals surface area contributed by atoms with E-state index in [2.05, 4.69) is 45.3 Å². The van der Waals surface area contributed by atoms with Gasteiger partial charge in [-0.2, -0.15) is 0 Å². The van der Waals surface area contributed by atoms with Crippen molar-refractivity contribution in [2.24, 2.45) is 0 Å². The molecule has 0 amide bonds. The molecule has 0 aromatic heterocycles. The molecular formula is C22H30O14. The van der Waals surface area contributed by atoms with Crippen LogP contribution in [0.3, 0.4) is 0 Å². The summed E-state index contributed by atoms with van der Waals surface area (Å²) in [6.07, 6.45) is -5.56. The van der Waals surface area contributed by atoms with Crippen LogP contribution in [0.15, 0.2) is 48.6 Å². The summed E-state index contributed by atoms with van der Waals surface area (Å²) in [5, 5.41) is 63.5. The monoisotopic (exact) mass is 518 g/mol. The molecule has 4 atom stereocenters. The molecule has 0 spiro atoms. The van der Waals surface area contributed by atoms with Crippen molar-refractivity contribution in [3.63, 3.8) is 0 Å². The van der Waals surface area contributed by atoms with E-state index < -0.39 is 82.5 Å². The zero-order valence-electron chi connectivity index (χ0n) is 20.1. The van der Waals surface area contributed by atoms with Gasteiger partial charge in [0.1, 0.15) is 6.10 Å². The van der Waals surface area contributed by atoms with Crippen LogP contribution in [-0.2, 0) is 38.1 Å². The van der Waals surface area contributed by atoms with E-state index in [4.69, 9.17) is 0 Å². The Kier molecular flexibility index (Phi) is 10.9. The number of ether oxygens (including phenoxy) is 4.